The van der Waals surface area contributed by atoms with Crippen molar-refractivity contribution >= 4 is 62.5 Å². The van der Waals surface area contributed by atoms with Crippen molar-refractivity contribution in [1.82, 2.24) is 10.2 Å². The van der Waals surface area contributed by atoms with E-state index in [4.69, 9.17) is 39.5 Å². The van der Waals surface area contributed by atoms with Gasteiger partial charge in [0.15, 0.2) is 0 Å². The van der Waals surface area contributed by atoms with Gasteiger partial charge in [-0.1, -0.05) is 46.1 Å². The highest BCUT2D eigenvalue weighted by Crippen LogP contribution is 2.37. The van der Waals surface area contributed by atoms with E-state index in [2.05, 4.69) is 20.4 Å². The molecule has 2 bridgehead atoms. The van der Waals surface area contributed by atoms with Gasteiger partial charge < -0.3 is 9.64 Å². The standard InChI is InChI=1S/C13H17Cl3N4O2S/c14-13(15,16)7-22-12(21)17-10-18-19-11(23-10)20-5-8-1-2-9(6-20)4-3-8/h8-9H,1-7H2,(H,17,18,21). The van der Waals surface area contributed by atoms with Crippen molar-refractivity contribution in [3.63, 3.8) is 0 Å². The molecule has 6 nitrogen and oxygen atoms in total. The fourth-order valence-electron chi connectivity index (χ4n) is 3.12. The number of alkyl halides is 3. The van der Waals surface area contributed by atoms with Gasteiger partial charge in [-0.2, -0.15) is 0 Å². The molecule has 2 saturated heterocycles. The predicted molar refractivity (Wildman–Crippen MR) is 92.8 cm³/mol. The van der Waals surface area contributed by atoms with Crippen LogP contribution in [0.15, 0.2) is 0 Å². The number of rotatable bonds is 3. The van der Waals surface area contributed by atoms with E-state index in [0.29, 0.717) is 5.13 Å². The number of aromatic nitrogens is 2. The number of fused-ring (bicyclic) bond motifs is 4. The molecule has 0 spiro atoms. The maximum atomic E-state index is 11.6. The Morgan fingerprint density at radius 1 is 1.22 bits per heavy atom. The Hall–Kier alpha value is -0.500. The average Bonchev–Trinajstić information content (AvgIpc) is 2.74. The zero-order chi connectivity index (χ0) is 16.4. The Morgan fingerprint density at radius 2 is 1.83 bits per heavy atom. The van der Waals surface area contributed by atoms with Crippen LogP contribution in [0, 0.1) is 11.8 Å². The van der Waals surface area contributed by atoms with E-state index in [9.17, 15) is 4.79 Å². The highest BCUT2D eigenvalue weighted by molar-refractivity contribution is 7.19. The average molecular weight is 400 g/mol. The van der Waals surface area contributed by atoms with Crippen LogP contribution in [0.2, 0.25) is 0 Å². The van der Waals surface area contributed by atoms with Gasteiger partial charge in [0, 0.05) is 13.1 Å². The van der Waals surface area contributed by atoms with Crippen LogP contribution in [0.25, 0.3) is 0 Å². The van der Waals surface area contributed by atoms with Crippen molar-refractivity contribution < 1.29 is 9.53 Å². The number of nitrogens with one attached hydrogen (secondary N) is 1. The van der Waals surface area contributed by atoms with Crippen LogP contribution in [0.4, 0.5) is 15.1 Å². The van der Waals surface area contributed by atoms with E-state index >= 15 is 0 Å². The van der Waals surface area contributed by atoms with Gasteiger partial charge in [-0.3, -0.25) is 5.32 Å². The topological polar surface area (TPSA) is 67.4 Å². The summed E-state index contributed by atoms with van der Waals surface area (Å²) in [7, 11) is 0. The van der Waals surface area contributed by atoms with Gasteiger partial charge in [-0.25, -0.2) is 4.79 Å². The number of ether oxygens (including phenoxy) is 1. The third-order valence-electron chi connectivity index (χ3n) is 4.18. The maximum Gasteiger partial charge on any atom is 0.413 e. The minimum Gasteiger partial charge on any atom is -0.445 e. The lowest BCUT2D eigenvalue weighted by Gasteiger charge is -2.20. The number of carbonyl (C=O) groups is 1. The molecule has 3 aliphatic rings. The summed E-state index contributed by atoms with van der Waals surface area (Å²) in [4.78, 5) is 13.9. The quantitative estimate of drug-likeness (QED) is 0.776. The zero-order valence-electron chi connectivity index (χ0n) is 12.3. The second-order valence-electron chi connectivity index (χ2n) is 6.00. The Bertz CT molecular complexity index is 544. The summed E-state index contributed by atoms with van der Waals surface area (Å²) in [6.07, 6.45) is 4.49. The number of anilines is 2. The van der Waals surface area contributed by atoms with Crippen molar-refractivity contribution in [2.45, 2.75) is 29.5 Å². The largest absolute Gasteiger partial charge is 0.445 e. The summed E-state index contributed by atoms with van der Waals surface area (Å²) in [6, 6.07) is 0. The van der Waals surface area contributed by atoms with Crippen molar-refractivity contribution in [1.29, 1.82) is 0 Å². The Balaban J connectivity index is 1.56. The van der Waals surface area contributed by atoms with Crippen LogP contribution in [0.5, 0.6) is 0 Å². The van der Waals surface area contributed by atoms with Crippen LogP contribution in [0.1, 0.15) is 25.7 Å². The first-order valence-corrected chi connectivity index (χ1v) is 9.43. The molecule has 0 aromatic carbocycles. The third-order valence-corrected chi connectivity index (χ3v) is 5.41. The van der Waals surface area contributed by atoms with Crippen molar-refractivity contribution in [2.75, 3.05) is 29.9 Å². The molecule has 23 heavy (non-hydrogen) atoms. The predicted octanol–water partition coefficient (Wildman–Crippen LogP) is 4.08. The van der Waals surface area contributed by atoms with Gasteiger partial charge in [0.05, 0.1) is 0 Å². The minimum atomic E-state index is -1.63. The van der Waals surface area contributed by atoms with Gasteiger partial charge in [-0.05, 0) is 37.5 Å². The molecule has 0 atom stereocenters. The van der Waals surface area contributed by atoms with Gasteiger partial charge in [0.25, 0.3) is 0 Å². The normalized spacial score (nSPS) is 24.4. The number of amides is 1. The van der Waals surface area contributed by atoms with Gasteiger partial charge in [0.2, 0.25) is 14.1 Å². The number of nitrogens with zero attached hydrogens (tertiary/aromatic N) is 3. The SMILES string of the molecule is O=C(Nc1nnc(N2CC3CCC(CC3)C2)s1)OCC(Cl)(Cl)Cl. The molecule has 1 aromatic rings. The summed E-state index contributed by atoms with van der Waals surface area (Å²) in [6.45, 7) is 1.70. The van der Waals surface area contributed by atoms with E-state index in [0.717, 1.165) is 30.1 Å². The Kier molecular flexibility index (Phi) is 5.40. The molecule has 1 N–H and O–H groups in total. The zero-order valence-corrected chi connectivity index (χ0v) is 15.4. The second kappa shape index (κ2) is 7.17. The Labute approximate surface area is 153 Å². The number of hydrogen-bond acceptors (Lipinski definition) is 6. The molecule has 0 unspecified atom stereocenters. The molecule has 2 aliphatic heterocycles. The fourth-order valence-corrected chi connectivity index (χ4v) is 4.03. The smallest absolute Gasteiger partial charge is 0.413 e. The van der Waals surface area contributed by atoms with E-state index in [1.807, 2.05) is 0 Å². The highest BCUT2D eigenvalue weighted by Gasteiger charge is 2.31. The number of hydrogen-bond donors (Lipinski definition) is 1. The molecule has 128 valence electrons. The summed E-state index contributed by atoms with van der Waals surface area (Å²) < 4.78 is 3.18. The lowest BCUT2D eigenvalue weighted by molar-refractivity contribution is 0.164. The van der Waals surface area contributed by atoms with Crippen LogP contribution in [-0.4, -0.2) is 39.8 Å². The van der Waals surface area contributed by atoms with E-state index in [1.165, 1.54) is 37.0 Å². The first-order chi connectivity index (χ1) is 10.9. The summed E-state index contributed by atoms with van der Waals surface area (Å²) >= 11 is 17.9. The molecule has 0 radical (unpaired) electrons. The molecule has 4 rings (SSSR count). The minimum absolute atomic E-state index is 0.329. The monoisotopic (exact) mass is 398 g/mol. The molecule has 1 aliphatic carbocycles. The molecular formula is C13H17Cl3N4O2S. The van der Waals surface area contributed by atoms with Crippen LogP contribution < -0.4 is 10.2 Å². The highest BCUT2D eigenvalue weighted by atomic mass is 35.6. The van der Waals surface area contributed by atoms with E-state index in [-0.39, 0.29) is 6.61 Å². The number of carbonyl (C=O) groups excluding carboxylic acids is 1. The molecule has 3 fully saturated rings. The van der Waals surface area contributed by atoms with E-state index in [1.54, 1.807) is 0 Å². The molecule has 10 heteroatoms. The molecule has 1 aromatic heterocycles. The van der Waals surface area contributed by atoms with Crippen LogP contribution in [0.3, 0.4) is 0 Å². The summed E-state index contributed by atoms with van der Waals surface area (Å²) in [5, 5.41) is 11.9. The first-order valence-electron chi connectivity index (χ1n) is 7.48. The third kappa shape index (κ3) is 4.98. The molecule has 1 saturated carbocycles. The van der Waals surface area contributed by atoms with Crippen LogP contribution in [-0.2, 0) is 4.74 Å². The van der Waals surface area contributed by atoms with Gasteiger partial charge in [-0.15, -0.1) is 10.2 Å². The summed E-state index contributed by atoms with van der Waals surface area (Å²) in [5.41, 5.74) is 0. The van der Waals surface area contributed by atoms with Gasteiger partial charge >= 0.3 is 6.09 Å². The van der Waals surface area contributed by atoms with E-state index < -0.39 is 9.89 Å². The Morgan fingerprint density at radius 3 is 2.39 bits per heavy atom. The van der Waals surface area contributed by atoms with Gasteiger partial charge in [0.1, 0.15) is 6.61 Å². The first kappa shape index (κ1) is 17.3. The summed E-state index contributed by atoms with van der Waals surface area (Å²) in [5.74, 6) is 1.48. The molecule has 1 amide bonds. The van der Waals surface area contributed by atoms with Crippen molar-refractivity contribution in [3.8, 4) is 0 Å². The van der Waals surface area contributed by atoms with Crippen molar-refractivity contribution in [2.24, 2.45) is 11.8 Å². The lowest BCUT2D eigenvalue weighted by Crippen LogP contribution is -2.27. The number of halogens is 3. The molecular weight excluding hydrogens is 383 g/mol. The maximum absolute atomic E-state index is 11.6. The fraction of sp³-hybridized carbons (Fsp3) is 0.769. The lowest BCUT2D eigenvalue weighted by atomic mass is 9.84. The second-order valence-corrected chi connectivity index (χ2v) is 9.47. The molecule has 3 heterocycles. The van der Waals surface area contributed by atoms with Crippen molar-refractivity contribution in [3.05, 3.63) is 0 Å². The van der Waals surface area contributed by atoms with Crippen LogP contribution >= 0.6 is 46.1 Å².